The van der Waals surface area contributed by atoms with E-state index in [0.717, 1.165) is 35.0 Å². The van der Waals surface area contributed by atoms with E-state index in [4.69, 9.17) is 0 Å². The second-order valence-electron chi connectivity index (χ2n) is 5.43. The van der Waals surface area contributed by atoms with Crippen LogP contribution in [0.25, 0.3) is 10.9 Å². The summed E-state index contributed by atoms with van der Waals surface area (Å²) < 4.78 is 0. The molecule has 1 aromatic carbocycles. The molecule has 0 amide bonds. The van der Waals surface area contributed by atoms with Crippen molar-refractivity contribution in [3.63, 3.8) is 0 Å². The van der Waals surface area contributed by atoms with Crippen molar-refractivity contribution in [3.8, 4) is 0 Å². The summed E-state index contributed by atoms with van der Waals surface area (Å²) in [5, 5.41) is 10.5. The lowest BCUT2D eigenvalue weighted by molar-refractivity contribution is 0.0698. The van der Waals surface area contributed by atoms with Crippen LogP contribution in [0.2, 0.25) is 0 Å². The number of carboxylic acid groups (broad SMARTS) is 1. The lowest BCUT2D eigenvalue weighted by Crippen LogP contribution is -2.00. The molecule has 0 aliphatic carbocycles. The number of carbonyl (C=O) groups is 1. The summed E-state index contributed by atoms with van der Waals surface area (Å²) in [4.78, 5) is 14.7. The number of hydrogen-bond acceptors (Lipinski definition) is 1. The van der Waals surface area contributed by atoms with E-state index >= 15 is 0 Å². The molecule has 3 nitrogen and oxygen atoms in total. The fraction of sp³-hybridized carbons (Fsp3) is 0.438. The number of aromatic nitrogens is 1. The van der Waals surface area contributed by atoms with Gasteiger partial charge >= 0.3 is 5.97 Å². The summed E-state index contributed by atoms with van der Waals surface area (Å²) in [7, 11) is 0. The third-order valence-corrected chi connectivity index (χ3v) is 3.65. The molecule has 3 heteroatoms. The van der Waals surface area contributed by atoms with Crippen molar-refractivity contribution in [1.82, 2.24) is 4.98 Å². The van der Waals surface area contributed by atoms with Crippen LogP contribution in [0.5, 0.6) is 0 Å². The smallest absolute Gasteiger partial charge is 0.337 e. The van der Waals surface area contributed by atoms with Gasteiger partial charge in [-0.1, -0.05) is 27.2 Å². The highest BCUT2D eigenvalue weighted by Crippen LogP contribution is 2.30. The molecule has 2 aromatic rings. The van der Waals surface area contributed by atoms with Crippen LogP contribution < -0.4 is 0 Å². The first-order chi connectivity index (χ1) is 8.95. The quantitative estimate of drug-likeness (QED) is 0.862. The summed E-state index contributed by atoms with van der Waals surface area (Å²) >= 11 is 0. The number of aromatic amines is 1. The SMILES string of the molecule is CCCc1c(C)[nH]c2c(C(=O)O)cc(C(C)C)cc12. The number of hydrogen-bond donors (Lipinski definition) is 2. The van der Waals surface area contributed by atoms with Crippen molar-refractivity contribution in [3.05, 3.63) is 34.5 Å². The average Bonchev–Trinajstić information content (AvgIpc) is 2.65. The van der Waals surface area contributed by atoms with Crippen LogP contribution in [-0.4, -0.2) is 16.1 Å². The van der Waals surface area contributed by atoms with E-state index < -0.39 is 5.97 Å². The van der Waals surface area contributed by atoms with Gasteiger partial charge in [0.15, 0.2) is 0 Å². The minimum absolute atomic E-state index is 0.326. The molecule has 2 N–H and O–H groups in total. The van der Waals surface area contributed by atoms with E-state index in [-0.39, 0.29) is 0 Å². The Kier molecular flexibility index (Phi) is 3.65. The molecule has 0 unspecified atom stereocenters. The van der Waals surface area contributed by atoms with Crippen molar-refractivity contribution in [2.24, 2.45) is 0 Å². The fourth-order valence-corrected chi connectivity index (χ4v) is 2.58. The summed E-state index contributed by atoms with van der Waals surface area (Å²) in [6, 6.07) is 3.93. The number of rotatable bonds is 4. The van der Waals surface area contributed by atoms with Crippen LogP contribution >= 0.6 is 0 Å². The van der Waals surface area contributed by atoms with Crippen molar-refractivity contribution >= 4 is 16.9 Å². The third kappa shape index (κ3) is 2.37. The van der Waals surface area contributed by atoms with E-state index in [1.54, 1.807) is 6.07 Å². The van der Waals surface area contributed by atoms with E-state index in [2.05, 4.69) is 31.8 Å². The van der Waals surface area contributed by atoms with Gasteiger partial charge < -0.3 is 10.1 Å². The molecule has 0 spiro atoms. The highest BCUT2D eigenvalue weighted by Gasteiger charge is 2.17. The number of benzene rings is 1. The van der Waals surface area contributed by atoms with Gasteiger partial charge in [0, 0.05) is 11.1 Å². The van der Waals surface area contributed by atoms with Gasteiger partial charge in [0.05, 0.1) is 11.1 Å². The minimum Gasteiger partial charge on any atom is -0.478 e. The minimum atomic E-state index is -0.864. The highest BCUT2D eigenvalue weighted by molar-refractivity contribution is 6.04. The Morgan fingerprint density at radius 1 is 1.37 bits per heavy atom. The number of fused-ring (bicyclic) bond motifs is 1. The molecule has 0 saturated heterocycles. The summed E-state index contributed by atoms with van der Waals surface area (Å²) in [5.41, 5.74) is 4.56. The lowest BCUT2D eigenvalue weighted by atomic mass is 9.96. The van der Waals surface area contributed by atoms with Crippen LogP contribution in [0.1, 0.15) is 60.3 Å². The topological polar surface area (TPSA) is 53.1 Å². The number of H-pyrrole nitrogens is 1. The standard InChI is InChI=1S/C16H21NO2/c1-5-6-12-10(4)17-15-13(12)7-11(9(2)3)8-14(15)16(18)19/h7-9,17H,5-6H2,1-4H3,(H,18,19). The van der Waals surface area contributed by atoms with Crippen molar-refractivity contribution in [2.75, 3.05) is 0 Å². The van der Waals surface area contributed by atoms with Gasteiger partial charge in [-0.15, -0.1) is 0 Å². The molecule has 0 aliphatic heterocycles. The molecule has 19 heavy (non-hydrogen) atoms. The van der Waals surface area contributed by atoms with Crippen molar-refractivity contribution in [1.29, 1.82) is 0 Å². The van der Waals surface area contributed by atoms with Gasteiger partial charge in [0.2, 0.25) is 0 Å². The van der Waals surface area contributed by atoms with Crippen molar-refractivity contribution in [2.45, 2.75) is 46.5 Å². The van der Waals surface area contributed by atoms with Gasteiger partial charge in [0.1, 0.15) is 0 Å². The largest absolute Gasteiger partial charge is 0.478 e. The monoisotopic (exact) mass is 259 g/mol. The Labute approximate surface area is 113 Å². The Balaban J connectivity index is 2.79. The van der Waals surface area contributed by atoms with Crippen LogP contribution in [-0.2, 0) is 6.42 Å². The first-order valence-electron chi connectivity index (χ1n) is 6.84. The van der Waals surface area contributed by atoms with Crippen LogP contribution in [0, 0.1) is 6.92 Å². The van der Waals surface area contributed by atoms with Gasteiger partial charge in [-0.3, -0.25) is 0 Å². The molecule has 1 aromatic heterocycles. The first kappa shape index (κ1) is 13.7. The molecule has 102 valence electrons. The maximum absolute atomic E-state index is 11.4. The highest BCUT2D eigenvalue weighted by atomic mass is 16.4. The average molecular weight is 259 g/mol. The number of aryl methyl sites for hydroxylation is 2. The lowest BCUT2D eigenvalue weighted by Gasteiger charge is -2.09. The van der Waals surface area contributed by atoms with Crippen LogP contribution in [0.4, 0.5) is 0 Å². The zero-order valence-corrected chi connectivity index (χ0v) is 12.0. The number of carboxylic acids is 1. The normalized spacial score (nSPS) is 11.4. The predicted molar refractivity (Wildman–Crippen MR) is 78.1 cm³/mol. The Hall–Kier alpha value is -1.77. The fourth-order valence-electron chi connectivity index (χ4n) is 2.58. The second-order valence-corrected chi connectivity index (χ2v) is 5.43. The number of aromatic carboxylic acids is 1. The Morgan fingerprint density at radius 3 is 2.58 bits per heavy atom. The van der Waals surface area contributed by atoms with Gasteiger partial charge in [-0.2, -0.15) is 0 Å². The van der Waals surface area contributed by atoms with E-state index in [1.165, 1.54) is 5.56 Å². The first-order valence-corrected chi connectivity index (χ1v) is 6.84. The molecular weight excluding hydrogens is 238 g/mol. The molecule has 0 saturated carbocycles. The zero-order chi connectivity index (χ0) is 14.2. The van der Waals surface area contributed by atoms with Gasteiger partial charge in [-0.05, 0) is 42.5 Å². The number of nitrogens with one attached hydrogen (secondary N) is 1. The summed E-state index contributed by atoms with van der Waals surface area (Å²) in [6.07, 6.45) is 2.04. The molecular formula is C16H21NO2. The Morgan fingerprint density at radius 2 is 2.05 bits per heavy atom. The molecule has 2 rings (SSSR count). The third-order valence-electron chi connectivity index (χ3n) is 3.65. The van der Waals surface area contributed by atoms with Crippen molar-refractivity contribution < 1.29 is 9.90 Å². The van der Waals surface area contributed by atoms with Crippen LogP contribution in [0.15, 0.2) is 12.1 Å². The summed E-state index contributed by atoms with van der Waals surface area (Å²) in [6.45, 7) is 8.34. The van der Waals surface area contributed by atoms with E-state index in [9.17, 15) is 9.90 Å². The van der Waals surface area contributed by atoms with E-state index in [1.807, 2.05) is 6.92 Å². The molecule has 0 radical (unpaired) electrons. The maximum atomic E-state index is 11.4. The predicted octanol–water partition coefficient (Wildman–Crippen LogP) is 4.25. The molecule has 0 fully saturated rings. The zero-order valence-electron chi connectivity index (χ0n) is 12.0. The molecule has 1 heterocycles. The summed E-state index contributed by atoms with van der Waals surface area (Å²) in [5.74, 6) is -0.538. The van der Waals surface area contributed by atoms with Gasteiger partial charge in [-0.25, -0.2) is 4.79 Å². The van der Waals surface area contributed by atoms with Gasteiger partial charge in [0.25, 0.3) is 0 Å². The van der Waals surface area contributed by atoms with E-state index in [0.29, 0.717) is 11.5 Å². The molecule has 0 atom stereocenters. The Bertz CT molecular complexity index is 623. The second kappa shape index (κ2) is 5.08. The van der Waals surface area contributed by atoms with Crippen LogP contribution in [0.3, 0.4) is 0 Å². The maximum Gasteiger partial charge on any atom is 0.337 e. The molecule has 0 aliphatic rings. The molecule has 0 bridgehead atoms.